The molecule has 10 aromatic rings. The molecule has 3 aromatic heterocycles. The zero-order valence-electron chi connectivity index (χ0n) is 43.6. The van der Waals surface area contributed by atoms with Crippen molar-refractivity contribution in [2.24, 2.45) is 0 Å². The van der Waals surface area contributed by atoms with Crippen molar-refractivity contribution in [3.05, 3.63) is 175 Å². The molecular formula is C45H29N5. The molecule has 3 heterocycles. The van der Waals surface area contributed by atoms with E-state index < -0.39 is 137 Å². The van der Waals surface area contributed by atoms with Crippen LogP contribution in [0.5, 0.6) is 0 Å². The first-order valence-corrected chi connectivity index (χ1v) is 15.3. The number of benzene rings is 7. The fourth-order valence-electron chi connectivity index (χ4n) is 6.32. The van der Waals surface area contributed by atoms with Gasteiger partial charge in [0.2, 0.25) is 5.95 Å². The Morgan fingerprint density at radius 2 is 0.880 bits per heavy atom. The molecule has 5 nitrogen and oxygen atoms in total. The van der Waals surface area contributed by atoms with Crippen molar-refractivity contribution in [3.63, 3.8) is 0 Å². The van der Waals surface area contributed by atoms with Gasteiger partial charge in [0.1, 0.15) is 0 Å². The zero-order valence-corrected chi connectivity index (χ0v) is 25.6. The van der Waals surface area contributed by atoms with E-state index in [-0.39, 0.29) is 17.2 Å². The van der Waals surface area contributed by atoms with Crippen molar-refractivity contribution in [1.29, 1.82) is 0 Å². The van der Waals surface area contributed by atoms with E-state index in [2.05, 4.69) is 4.98 Å². The Hall–Kier alpha value is -6.85. The second-order valence-electron chi connectivity index (χ2n) is 11.1. The average molecular weight is 658 g/mol. The molecule has 50 heavy (non-hydrogen) atoms. The normalized spacial score (nSPS) is 16.6. The molecular weight excluding hydrogens is 611 g/mol. The maximum absolute atomic E-state index is 9.30. The van der Waals surface area contributed by atoms with Gasteiger partial charge >= 0.3 is 0 Å². The van der Waals surface area contributed by atoms with Gasteiger partial charge in [-0.05, 0) is 35.3 Å². The van der Waals surface area contributed by atoms with Crippen LogP contribution in [0.25, 0.3) is 89.2 Å². The predicted molar refractivity (Wildman–Crippen MR) is 205 cm³/mol. The zero-order chi connectivity index (χ0) is 48.7. The molecule has 0 spiro atoms. The molecule has 0 fully saturated rings. The van der Waals surface area contributed by atoms with E-state index in [1.165, 1.54) is 0 Å². The van der Waals surface area contributed by atoms with E-state index in [0.717, 1.165) is 6.07 Å². The number of rotatable bonds is 5. The summed E-state index contributed by atoms with van der Waals surface area (Å²) in [5.41, 5.74) is -0.419. The summed E-state index contributed by atoms with van der Waals surface area (Å²) in [6, 6.07) is 7.15. The minimum atomic E-state index is -0.747. The van der Waals surface area contributed by atoms with E-state index in [1.54, 1.807) is 51.6 Å². The fourth-order valence-corrected chi connectivity index (χ4v) is 6.32. The number of nitrogens with zero attached hydrogens (tertiary/aromatic N) is 5. The molecule has 234 valence electrons. The monoisotopic (exact) mass is 657 g/mol. The molecule has 0 N–H and O–H groups in total. The smallest absolute Gasteiger partial charge is 0.238 e. The van der Waals surface area contributed by atoms with Gasteiger partial charge in [-0.2, -0.15) is 9.97 Å². The van der Waals surface area contributed by atoms with Crippen molar-refractivity contribution in [2.75, 3.05) is 0 Å². The van der Waals surface area contributed by atoms with Crippen LogP contribution in [0.1, 0.15) is 24.7 Å². The van der Waals surface area contributed by atoms with Gasteiger partial charge in [0.05, 0.1) is 46.7 Å². The number of hydrogen-bond acceptors (Lipinski definition) is 3. The molecule has 0 aliphatic heterocycles. The number of fused-ring (bicyclic) bond motifs is 7. The molecule has 0 atom stereocenters. The first kappa shape index (κ1) is 15.6. The highest BCUT2D eigenvalue weighted by atomic mass is 15.2. The topological polar surface area (TPSA) is 48.5 Å². The molecule has 0 amide bonds. The standard InChI is InChI=1S/C45H29N5/c1-4-14-30(15-5-1)31-24-26-33(27-25-31)44-46-43(32-16-6-2-7-17-32)47-45(48-44)50-40-23-13-11-21-36(40)38-29-28-37-35-20-10-12-22-39(35)49(41(37)42(38)50)34-18-8-3-9-19-34/h1-29H/i1D,2D,3D,4D,5D,6D,7D,8D,9D,14D,16D,17D,18D,19D,24D,25D,26D,27D. The summed E-state index contributed by atoms with van der Waals surface area (Å²) in [6.07, 6.45) is 0. The van der Waals surface area contributed by atoms with E-state index in [1.807, 2.05) is 18.2 Å². The van der Waals surface area contributed by atoms with E-state index >= 15 is 0 Å². The van der Waals surface area contributed by atoms with Crippen molar-refractivity contribution < 1.29 is 24.7 Å². The van der Waals surface area contributed by atoms with Gasteiger partial charge in [-0.3, -0.25) is 4.57 Å². The second-order valence-corrected chi connectivity index (χ2v) is 11.1. The van der Waals surface area contributed by atoms with Crippen molar-refractivity contribution in [2.45, 2.75) is 0 Å². The maximum Gasteiger partial charge on any atom is 0.238 e. The van der Waals surface area contributed by atoms with Crippen LogP contribution in [-0.2, 0) is 0 Å². The molecule has 0 saturated heterocycles. The summed E-state index contributed by atoms with van der Waals surface area (Å²) >= 11 is 0. The molecule has 5 heteroatoms. The van der Waals surface area contributed by atoms with Crippen LogP contribution in [0.3, 0.4) is 0 Å². The summed E-state index contributed by atoms with van der Waals surface area (Å²) in [6.45, 7) is 0. The van der Waals surface area contributed by atoms with Gasteiger partial charge in [0, 0.05) is 38.4 Å². The lowest BCUT2D eigenvalue weighted by Gasteiger charge is -2.13. The highest BCUT2D eigenvalue weighted by molar-refractivity contribution is 6.23. The third kappa shape index (κ3) is 4.45. The summed E-state index contributed by atoms with van der Waals surface area (Å²) < 4.78 is 160. The number of para-hydroxylation sites is 3. The second kappa shape index (κ2) is 11.4. The molecule has 0 unspecified atom stereocenters. The highest BCUT2D eigenvalue weighted by Crippen LogP contribution is 2.41. The van der Waals surface area contributed by atoms with E-state index in [0.29, 0.717) is 43.6 Å². The fraction of sp³-hybridized carbons (Fsp3) is 0. The summed E-state index contributed by atoms with van der Waals surface area (Å²) in [4.78, 5) is 14.1. The van der Waals surface area contributed by atoms with Crippen LogP contribution >= 0.6 is 0 Å². The Balaban J connectivity index is 1.39. The lowest BCUT2D eigenvalue weighted by Crippen LogP contribution is -2.07. The molecule has 0 aliphatic carbocycles. The number of aromatic nitrogens is 5. The first-order chi connectivity index (χ1) is 32.3. The van der Waals surface area contributed by atoms with Crippen LogP contribution < -0.4 is 0 Å². The average Bonchev–Trinajstić information content (AvgIpc) is 3.85. The Labute approximate surface area is 313 Å². The SMILES string of the molecule is [2H]c1cc(-c2c([2H])c([2H])c(-c3nc(-c4c([2H])c([2H])c([2H])c([2H])c4[2H])nc(-n4c5ccccc5c5ccc6c7ccccc7n(-c7c([2H])c([2H])c([2H])c([2H])c7[2H])c6c54)n3)c([2H])c2[2H])c([2H])c([2H])c1[2H]. The lowest BCUT2D eigenvalue weighted by molar-refractivity contribution is 0.953. The Morgan fingerprint density at radius 3 is 1.54 bits per heavy atom. The molecule has 7 aromatic carbocycles. The lowest BCUT2D eigenvalue weighted by atomic mass is 10.0. The third-order valence-electron chi connectivity index (χ3n) is 8.39. The highest BCUT2D eigenvalue weighted by Gasteiger charge is 2.23. The Kier molecular flexibility index (Phi) is 3.55. The molecule has 10 rings (SSSR count). The van der Waals surface area contributed by atoms with Crippen molar-refractivity contribution in [3.8, 4) is 45.5 Å². The van der Waals surface area contributed by atoms with Crippen LogP contribution in [0, 0.1) is 0 Å². The third-order valence-corrected chi connectivity index (χ3v) is 8.39. The van der Waals surface area contributed by atoms with Gasteiger partial charge < -0.3 is 4.57 Å². The quantitative estimate of drug-likeness (QED) is 0.185. The predicted octanol–water partition coefficient (Wildman–Crippen LogP) is 11.1. The number of hydrogen-bond donors (Lipinski definition) is 0. The van der Waals surface area contributed by atoms with Crippen LogP contribution in [0.4, 0.5) is 0 Å². The Morgan fingerprint density at radius 1 is 0.380 bits per heavy atom. The first-order valence-electron chi connectivity index (χ1n) is 24.3. The molecule has 0 radical (unpaired) electrons. The molecule has 0 bridgehead atoms. The van der Waals surface area contributed by atoms with Crippen LogP contribution in [0.2, 0.25) is 0 Å². The van der Waals surface area contributed by atoms with E-state index in [9.17, 15) is 2.74 Å². The Bertz CT molecular complexity index is 3830. The van der Waals surface area contributed by atoms with Crippen LogP contribution in [-0.4, -0.2) is 24.1 Å². The summed E-state index contributed by atoms with van der Waals surface area (Å²) in [5, 5.41) is 2.36. The minimum absolute atomic E-state index is 0.172. The summed E-state index contributed by atoms with van der Waals surface area (Å²) in [5.74, 6) is -1.38. The largest absolute Gasteiger partial charge is 0.307 e. The summed E-state index contributed by atoms with van der Waals surface area (Å²) in [7, 11) is 0. The van der Waals surface area contributed by atoms with Crippen molar-refractivity contribution in [1.82, 2.24) is 24.1 Å². The van der Waals surface area contributed by atoms with Gasteiger partial charge in [-0.1, -0.05) is 151 Å². The maximum atomic E-state index is 9.30. The van der Waals surface area contributed by atoms with Crippen LogP contribution in [0.15, 0.2) is 175 Å². The van der Waals surface area contributed by atoms with Gasteiger partial charge in [-0.15, -0.1) is 0 Å². The van der Waals surface area contributed by atoms with Crippen molar-refractivity contribution >= 4 is 43.6 Å². The van der Waals surface area contributed by atoms with E-state index in [4.69, 9.17) is 31.9 Å². The molecule has 0 aliphatic rings. The van der Waals surface area contributed by atoms with Gasteiger partial charge in [0.25, 0.3) is 0 Å². The molecule has 0 saturated carbocycles. The van der Waals surface area contributed by atoms with Gasteiger partial charge in [0.15, 0.2) is 11.6 Å². The minimum Gasteiger partial charge on any atom is -0.307 e. The van der Waals surface area contributed by atoms with Gasteiger partial charge in [-0.25, -0.2) is 4.98 Å².